The van der Waals surface area contributed by atoms with E-state index in [1.54, 1.807) is 12.1 Å². The summed E-state index contributed by atoms with van der Waals surface area (Å²) in [7, 11) is 1.92. The van der Waals surface area contributed by atoms with E-state index in [-0.39, 0.29) is 18.2 Å². The molecule has 138 valence electrons. The Kier molecular flexibility index (Phi) is 7.72. The van der Waals surface area contributed by atoms with Crippen LogP contribution in [0.3, 0.4) is 0 Å². The van der Waals surface area contributed by atoms with Crippen molar-refractivity contribution in [3.63, 3.8) is 0 Å². The lowest BCUT2D eigenvalue weighted by atomic mass is 10.0. The largest absolute Gasteiger partial charge is 0.487 e. The van der Waals surface area contributed by atoms with Crippen LogP contribution in [0.4, 0.5) is 4.39 Å². The molecular formula is C19H27ClFN3O. The molecule has 1 N–H and O–H groups in total. The van der Waals surface area contributed by atoms with Crippen LogP contribution in [-0.4, -0.2) is 16.8 Å². The van der Waals surface area contributed by atoms with E-state index in [9.17, 15) is 4.39 Å². The van der Waals surface area contributed by atoms with Crippen molar-refractivity contribution in [3.8, 4) is 5.75 Å². The second-order valence-electron chi connectivity index (χ2n) is 6.56. The minimum Gasteiger partial charge on any atom is -0.487 e. The Morgan fingerprint density at radius 2 is 1.96 bits per heavy atom. The quantitative estimate of drug-likeness (QED) is 0.755. The predicted molar refractivity (Wildman–Crippen MR) is 99.5 cm³/mol. The lowest BCUT2D eigenvalue weighted by Gasteiger charge is -2.12. The Morgan fingerprint density at radius 1 is 1.24 bits per heavy atom. The second kappa shape index (κ2) is 9.78. The number of ether oxygens (including phenoxy) is 1. The van der Waals surface area contributed by atoms with Crippen molar-refractivity contribution in [1.29, 1.82) is 0 Å². The lowest BCUT2D eigenvalue weighted by Crippen LogP contribution is -2.11. The van der Waals surface area contributed by atoms with Gasteiger partial charge in [-0.2, -0.15) is 5.10 Å². The normalized spacial score (nSPS) is 14.5. The molecule has 0 bridgehead atoms. The Morgan fingerprint density at radius 3 is 2.64 bits per heavy atom. The average molecular weight is 368 g/mol. The van der Waals surface area contributed by atoms with E-state index in [2.05, 4.69) is 16.1 Å². The van der Waals surface area contributed by atoms with Crippen LogP contribution >= 0.6 is 12.4 Å². The Labute approximate surface area is 155 Å². The van der Waals surface area contributed by atoms with Crippen molar-refractivity contribution in [3.05, 3.63) is 47.5 Å². The number of halogens is 2. The van der Waals surface area contributed by atoms with Crippen LogP contribution in [0.25, 0.3) is 0 Å². The summed E-state index contributed by atoms with van der Waals surface area (Å²) in [6, 6.07) is 8.24. The third-order valence-electron chi connectivity index (χ3n) is 4.70. The number of hydrogen-bond donors (Lipinski definition) is 1. The molecule has 4 nitrogen and oxygen atoms in total. The van der Waals surface area contributed by atoms with Crippen LogP contribution in [0.2, 0.25) is 0 Å². The van der Waals surface area contributed by atoms with Gasteiger partial charge in [0, 0.05) is 13.1 Å². The van der Waals surface area contributed by atoms with Gasteiger partial charge in [0.05, 0.1) is 11.4 Å². The van der Waals surface area contributed by atoms with Crippen LogP contribution in [0.1, 0.15) is 43.5 Å². The average Bonchev–Trinajstić information content (AvgIpc) is 3.22. The van der Waals surface area contributed by atoms with Crippen molar-refractivity contribution in [2.24, 2.45) is 5.92 Å². The highest BCUT2D eigenvalue weighted by Crippen LogP contribution is 2.28. The molecule has 3 rings (SSSR count). The van der Waals surface area contributed by atoms with Gasteiger partial charge >= 0.3 is 0 Å². The van der Waals surface area contributed by atoms with Crippen LogP contribution in [0.15, 0.2) is 30.3 Å². The number of nitrogens with zero attached hydrogens (tertiary/aromatic N) is 2. The summed E-state index contributed by atoms with van der Waals surface area (Å²) in [5.41, 5.74) is 2.10. The molecule has 1 saturated carbocycles. The van der Waals surface area contributed by atoms with Gasteiger partial charge < -0.3 is 10.1 Å². The summed E-state index contributed by atoms with van der Waals surface area (Å²) in [6.07, 6.45) is 6.63. The lowest BCUT2D eigenvalue weighted by molar-refractivity contribution is 0.288. The second-order valence-corrected chi connectivity index (χ2v) is 6.56. The van der Waals surface area contributed by atoms with Crippen molar-refractivity contribution in [2.45, 2.75) is 51.8 Å². The van der Waals surface area contributed by atoms with Gasteiger partial charge in [0.15, 0.2) is 0 Å². The monoisotopic (exact) mass is 367 g/mol. The minimum absolute atomic E-state index is 0. The van der Waals surface area contributed by atoms with Crippen molar-refractivity contribution < 1.29 is 9.13 Å². The fourth-order valence-corrected chi connectivity index (χ4v) is 3.38. The standard InChI is InChI=1S/C19H26FN3O.ClH/c1-21-13-17-12-18(14-24-19-8-6-16(20)7-9-19)23(22-17)11-10-15-4-2-3-5-15;/h6-9,12,15,21H,2-5,10-11,13-14H2,1H3;1H. The van der Waals surface area contributed by atoms with Crippen LogP contribution in [-0.2, 0) is 19.7 Å². The third-order valence-corrected chi connectivity index (χ3v) is 4.70. The van der Waals surface area contributed by atoms with Crippen molar-refractivity contribution in [1.82, 2.24) is 15.1 Å². The summed E-state index contributed by atoms with van der Waals surface area (Å²) >= 11 is 0. The zero-order valence-corrected chi connectivity index (χ0v) is 15.5. The maximum Gasteiger partial charge on any atom is 0.130 e. The zero-order chi connectivity index (χ0) is 16.8. The van der Waals surface area contributed by atoms with Crippen molar-refractivity contribution >= 4 is 12.4 Å². The van der Waals surface area contributed by atoms with E-state index in [1.807, 2.05) is 7.05 Å². The summed E-state index contributed by atoms with van der Waals surface area (Å²) in [4.78, 5) is 0. The molecule has 0 radical (unpaired) electrons. The maximum absolute atomic E-state index is 13.0. The number of aryl methyl sites for hydroxylation is 1. The molecule has 1 fully saturated rings. The number of nitrogens with one attached hydrogen (secondary N) is 1. The zero-order valence-electron chi connectivity index (χ0n) is 14.7. The van der Waals surface area contributed by atoms with Gasteiger partial charge in [-0.05, 0) is 49.7 Å². The molecule has 0 atom stereocenters. The number of aromatic nitrogens is 2. The molecule has 1 aromatic heterocycles. The third kappa shape index (κ3) is 5.72. The molecule has 1 aliphatic carbocycles. The first-order valence-corrected chi connectivity index (χ1v) is 8.83. The Balaban J connectivity index is 0.00000225. The first kappa shape index (κ1) is 19.7. The van der Waals surface area contributed by atoms with Crippen LogP contribution in [0.5, 0.6) is 5.75 Å². The van der Waals surface area contributed by atoms with E-state index in [0.29, 0.717) is 12.4 Å². The van der Waals surface area contributed by atoms with Gasteiger partial charge in [0.25, 0.3) is 0 Å². The topological polar surface area (TPSA) is 39.1 Å². The molecule has 1 aliphatic rings. The van der Waals surface area contributed by atoms with E-state index in [4.69, 9.17) is 9.84 Å². The van der Waals surface area contributed by atoms with Gasteiger partial charge in [0.2, 0.25) is 0 Å². The Bertz CT molecular complexity index is 639. The molecule has 0 saturated heterocycles. The fraction of sp³-hybridized carbons (Fsp3) is 0.526. The molecule has 6 heteroatoms. The SMILES string of the molecule is CNCc1cc(COc2ccc(F)cc2)n(CCC2CCCC2)n1.Cl. The van der Waals surface area contributed by atoms with Gasteiger partial charge in [0.1, 0.15) is 18.2 Å². The summed E-state index contributed by atoms with van der Waals surface area (Å²) in [6.45, 7) is 2.14. The van der Waals surface area contributed by atoms with Crippen molar-refractivity contribution in [2.75, 3.05) is 7.05 Å². The molecule has 0 aliphatic heterocycles. The Hall–Kier alpha value is -1.59. The van der Waals surface area contributed by atoms with E-state index >= 15 is 0 Å². The molecule has 0 amide bonds. The highest BCUT2D eigenvalue weighted by molar-refractivity contribution is 5.85. The summed E-state index contributed by atoms with van der Waals surface area (Å²) < 4.78 is 20.9. The predicted octanol–water partition coefficient (Wildman–Crippen LogP) is 4.32. The summed E-state index contributed by atoms with van der Waals surface area (Å²) in [5, 5.41) is 7.84. The maximum atomic E-state index is 13.0. The number of hydrogen-bond acceptors (Lipinski definition) is 3. The molecule has 1 aromatic carbocycles. The van der Waals surface area contributed by atoms with E-state index < -0.39 is 0 Å². The smallest absolute Gasteiger partial charge is 0.130 e. The van der Waals surface area contributed by atoms with Gasteiger partial charge in [-0.1, -0.05) is 25.7 Å². The number of rotatable bonds is 8. The van der Waals surface area contributed by atoms with Gasteiger partial charge in [-0.25, -0.2) is 4.39 Å². The summed E-state index contributed by atoms with van der Waals surface area (Å²) in [5.74, 6) is 1.27. The van der Waals surface area contributed by atoms with E-state index in [0.717, 1.165) is 30.4 Å². The van der Waals surface area contributed by atoms with Gasteiger partial charge in [-0.3, -0.25) is 4.68 Å². The van der Waals surface area contributed by atoms with Crippen LogP contribution < -0.4 is 10.1 Å². The highest BCUT2D eigenvalue weighted by Gasteiger charge is 2.16. The molecular weight excluding hydrogens is 341 g/mol. The molecule has 2 aromatic rings. The fourth-order valence-electron chi connectivity index (χ4n) is 3.38. The molecule has 25 heavy (non-hydrogen) atoms. The van der Waals surface area contributed by atoms with Crippen LogP contribution in [0, 0.1) is 11.7 Å². The van der Waals surface area contributed by atoms with E-state index in [1.165, 1.54) is 44.2 Å². The minimum atomic E-state index is -0.250. The molecule has 0 unspecified atom stereocenters. The molecule has 0 spiro atoms. The van der Waals surface area contributed by atoms with Gasteiger partial charge in [-0.15, -0.1) is 12.4 Å². The highest BCUT2D eigenvalue weighted by atomic mass is 35.5. The first-order chi connectivity index (χ1) is 11.7. The number of benzene rings is 1. The first-order valence-electron chi connectivity index (χ1n) is 8.83. The molecule has 1 heterocycles.